The third kappa shape index (κ3) is 2.82. The van der Waals surface area contributed by atoms with E-state index in [0.717, 1.165) is 0 Å². The van der Waals surface area contributed by atoms with Gasteiger partial charge in [-0.25, -0.2) is 9.78 Å². The molecule has 0 bridgehead atoms. The minimum Gasteiger partial charge on any atom is -0.478 e. The maximum atomic E-state index is 11.2. The van der Waals surface area contributed by atoms with Gasteiger partial charge in [-0.05, 0) is 6.92 Å². The van der Waals surface area contributed by atoms with Crippen molar-refractivity contribution in [2.24, 2.45) is 0 Å². The normalized spacial score (nSPS) is 11.8. The molecule has 1 unspecified atom stereocenters. The first-order valence-electron chi connectivity index (χ1n) is 5.41. The van der Waals surface area contributed by atoms with E-state index in [9.17, 15) is 9.90 Å². The van der Waals surface area contributed by atoms with E-state index in [4.69, 9.17) is 4.74 Å². The average Bonchev–Trinajstić information content (AvgIpc) is 2.37. The highest BCUT2D eigenvalue weighted by molar-refractivity contribution is 5.74. The standard InChI is InChI=1S/C13H12N2O3/c1-9-14-8-7-11(15-9)18-12(13(16)17)10-5-3-2-4-6-10/h2-8,12H,1H3,(H,16,17). The van der Waals surface area contributed by atoms with Crippen molar-refractivity contribution in [1.29, 1.82) is 0 Å². The smallest absolute Gasteiger partial charge is 0.349 e. The molecule has 5 nitrogen and oxygen atoms in total. The summed E-state index contributed by atoms with van der Waals surface area (Å²) in [5.41, 5.74) is 0.571. The van der Waals surface area contributed by atoms with Gasteiger partial charge in [0.1, 0.15) is 5.82 Å². The van der Waals surface area contributed by atoms with Crippen molar-refractivity contribution >= 4 is 5.97 Å². The van der Waals surface area contributed by atoms with Gasteiger partial charge in [0, 0.05) is 17.8 Å². The van der Waals surface area contributed by atoms with E-state index in [1.807, 2.05) is 6.07 Å². The second-order valence-electron chi connectivity index (χ2n) is 3.69. The third-order valence-corrected chi connectivity index (χ3v) is 2.32. The number of rotatable bonds is 4. The lowest BCUT2D eigenvalue weighted by atomic mass is 10.1. The summed E-state index contributed by atoms with van der Waals surface area (Å²) in [5, 5.41) is 9.19. The molecule has 1 aromatic heterocycles. The zero-order valence-corrected chi connectivity index (χ0v) is 9.78. The molecule has 0 aliphatic carbocycles. The summed E-state index contributed by atoms with van der Waals surface area (Å²) in [6.45, 7) is 1.71. The first kappa shape index (κ1) is 12.0. The molecule has 2 aromatic rings. The highest BCUT2D eigenvalue weighted by Crippen LogP contribution is 2.20. The Morgan fingerprint density at radius 1 is 1.28 bits per heavy atom. The van der Waals surface area contributed by atoms with Crippen LogP contribution in [-0.4, -0.2) is 21.0 Å². The Morgan fingerprint density at radius 3 is 2.61 bits per heavy atom. The molecule has 0 spiro atoms. The van der Waals surface area contributed by atoms with Crippen molar-refractivity contribution in [2.75, 3.05) is 0 Å². The van der Waals surface area contributed by atoms with Crippen LogP contribution in [0.3, 0.4) is 0 Å². The molecule has 18 heavy (non-hydrogen) atoms. The van der Waals surface area contributed by atoms with Crippen LogP contribution in [0.4, 0.5) is 0 Å². The van der Waals surface area contributed by atoms with Gasteiger partial charge in [-0.3, -0.25) is 0 Å². The Balaban J connectivity index is 2.25. The lowest BCUT2D eigenvalue weighted by Gasteiger charge is -2.14. The van der Waals surface area contributed by atoms with Crippen LogP contribution in [0.1, 0.15) is 17.5 Å². The minimum absolute atomic E-state index is 0.249. The Labute approximate surface area is 104 Å². The molecule has 2 rings (SSSR count). The second kappa shape index (κ2) is 5.27. The summed E-state index contributed by atoms with van der Waals surface area (Å²) >= 11 is 0. The van der Waals surface area contributed by atoms with Gasteiger partial charge in [0.05, 0.1) is 0 Å². The number of carbonyl (C=O) groups is 1. The quantitative estimate of drug-likeness (QED) is 0.890. The van der Waals surface area contributed by atoms with Gasteiger partial charge in [-0.15, -0.1) is 0 Å². The Kier molecular flexibility index (Phi) is 3.52. The summed E-state index contributed by atoms with van der Waals surface area (Å²) in [7, 11) is 0. The van der Waals surface area contributed by atoms with Crippen LogP contribution in [0.15, 0.2) is 42.6 Å². The first-order chi connectivity index (χ1) is 8.66. The molecule has 0 radical (unpaired) electrons. The maximum Gasteiger partial charge on any atom is 0.349 e. The van der Waals surface area contributed by atoms with E-state index in [2.05, 4.69) is 9.97 Å². The van der Waals surface area contributed by atoms with Crippen molar-refractivity contribution in [2.45, 2.75) is 13.0 Å². The topological polar surface area (TPSA) is 72.3 Å². The van der Waals surface area contributed by atoms with Crippen LogP contribution in [0.25, 0.3) is 0 Å². The predicted octanol–water partition coefficient (Wildman–Crippen LogP) is 1.99. The molecule has 5 heteroatoms. The Hall–Kier alpha value is -2.43. The summed E-state index contributed by atoms with van der Waals surface area (Å²) in [6, 6.07) is 10.3. The van der Waals surface area contributed by atoms with Gasteiger partial charge < -0.3 is 9.84 Å². The summed E-state index contributed by atoms with van der Waals surface area (Å²) in [5.74, 6) is -0.277. The lowest BCUT2D eigenvalue weighted by Crippen LogP contribution is -2.18. The van der Waals surface area contributed by atoms with E-state index < -0.39 is 12.1 Å². The maximum absolute atomic E-state index is 11.2. The number of nitrogens with zero attached hydrogens (tertiary/aromatic N) is 2. The molecule has 92 valence electrons. The fraction of sp³-hybridized carbons (Fsp3) is 0.154. The number of aliphatic carboxylic acids is 1. The van der Waals surface area contributed by atoms with Gasteiger partial charge in [0.25, 0.3) is 0 Å². The van der Waals surface area contributed by atoms with Gasteiger partial charge in [-0.2, -0.15) is 4.98 Å². The van der Waals surface area contributed by atoms with E-state index in [1.54, 1.807) is 31.2 Å². The van der Waals surface area contributed by atoms with Crippen LogP contribution in [0.5, 0.6) is 5.88 Å². The van der Waals surface area contributed by atoms with E-state index in [1.165, 1.54) is 12.3 Å². The molecule has 1 N–H and O–H groups in total. The lowest BCUT2D eigenvalue weighted by molar-refractivity contribution is -0.145. The number of ether oxygens (including phenoxy) is 1. The first-order valence-corrected chi connectivity index (χ1v) is 5.41. The number of carboxylic acid groups (broad SMARTS) is 1. The van der Waals surface area contributed by atoms with Crippen LogP contribution in [0, 0.1) is 6.92 Å². The predicted molar refractivity (Wildman–Crippen MR) is 64.2 cm³/mol. The average molecular weight is 244 g/mol. The van der Waals surface area contributed by atoms with Crippen LogP contribution in [-0.2, 0) is 4.79 Å². The van der Waals surface area contributed by atoms with E-state index in [0.29, 0.717) is 11.4 Å². The summed E-state index contributed by atoms with van der Waals surface area (Å²) < 4.78 is 5.39. The Morgan fingerprint density at radius 2 is 2.00 bits per heavy atom. The zero-order valence-electron chi connectivity index (χ0n) is 9.78. The molecule has 0 fully saturated rings. The van der Waals surface area contributed by atoms with Gasteiger partial charge in [-0.1, -0.05) is 30.3 Å². The Bertz CT molecular complexity index is 543. The van der Waals surface area contributed by atoms with E-state index in [-0.39, 0.29) is 5.88 Å². The fourth-order valence-electron chi connectivity index (χ4n) is 1.51. The number of aryl methyl sites for hydroxylation is 1. The molecule has 0 aliphatic heterocycles. The number of hydrogen-bond acceptors (Lipinski definition) is 4. The SMILES string of the molecule is Cc1nccc(OC(C(=O)O)c2ccccc2)n1. The van der Waals surface area contributed by atoms with Gasteiger partial charge in [0.2, 0.25) is 12.0 Å². The molecule has 0 saturated heterocycles. The molecule has 1 heterocycles. The zero-order chi connectivity index (χ0) is 13.0. The van der Waals surface area contributed by atoms with Crippen molar-refractivity contribution in [3.8, 4) is 5.88 Å². The third-order valence-electron chi connectivity index (χ3n) is 2.32. The van der Waals surface area contributed by atoms with Crippen LogP contribution in [0.2, 0.25) is 0 Å². The summed E-state index contributed by atoms with van der Waals surface area (Å²) in [4.78, 5) is 19.2. The highest BCUT2D eigenvalue weighted by Gasteiger charge is 2.22. The molecular weight excluding hydrogens is 232 g/mol. The molecule has 0 saturated carbocycles. The molecule has 1 atom stereocenters. The van der Waals surface area contributed by atoms with Crippen molar-refractivity contribution in [3.05, 3.63) is 54.0 Å². The van der Waals surface area contributed by atoms with Crippen LogP contribution < -0.4 is 4.74 Å². The van der Waals surface area contributed by atoms with E-state index >= 15 is 0 Å². The number of hydrogen-bond donors (Lipinski definition) is 1. The van der Waals surface area contributed by atoms with Crippen molar-refractivity contribution < 1.29 is 14.6 Å². The number of aromatic nitrogens is 2. The molecular formula is C13H12N2O3. The van der Waals surface area contributed by atoms with Crippen LogP contribution >= 0.6 is 0 Å². The minimum atomic E-state index is -1.07. The molecule has 1 aromatic carbocycles. The number of carboxylic acids is 1. The highest BCUT2D eigenvalue weighted by atomic mass is 16.5. The molecule has 0 amide bonds. The fourth-order valence-corrected chi connectivity index (χ4v) is 1.51. The van der Waals surface area contributed by atoms with Crippen molar-refractivity contribution in [1.82, 2.24) is 9.97 Å². The number of benzene rings is 1. The largest absolute Gasteiger partial charge is 0.478 e. The van der Waals surface area contributed by atoms with Gasteiger partial charge >= 0.3 is 5.97 Å². The second-order valence-corrected chi connectivity index (χ2v) is 3.69. The van der Waals surface area contributed by atoms with Gasteiger partial charge in [0.15, 0.2) is 0 Å². The van der Waals surface area contributed by atoms with Crippen molar-refractivity contribution in [3.63, 3.8) is 0 Å². The molecule has 0 aliphatic rings. The summed E-state index contributed by atoms with van der Waals surface area (Å²) in [6.07, 6.45) is 0.460. The monoisotopic (exact) mass is 244 g/mol.